The second kappa shape index (κ2) is 8.86. The van der Waals surface area contributed by atoms with Gasteiger partial charge in [0.25, 0.3) is 0 Å². The molecule has 0 bridgehead atoms. The summed E-state index contributed by atoms with van der Waals surface area (Å²) in [6.45, 7) is 11.5. The number of rotatable bonds is 8. The summed E-state index contributed by atoms with van der Waals surface area (Å²) in [6, 6.07) is 0.636. The number of nitrogens with one attached hydrogen (secondary N) is 1. The lowest BCUT2D eigenvalue weighted by molar-refractivity contribution is 0.0728. The zero-order valence-corrected chi connectivity index (χ0v) is 11.6. The first-order valence-electron chi connectivity index (χ1n) is 6.76. The molecule has 4 heteroatoms. The largest absolute Gasteiger partial charge is 0.385 e. The van der Waals surface area contributed by atoms with E-state index in [9.17, 15) is 0 Å². The molecule has 0 aromatic heterocycles. The molecule has 102 valence electrons. The predicted molar refractivity (Wildman–Crippen MR) is 70.4 cm³/mol. The summed E-state index contributed by atoms with van der Waals surface area (Å²) in [5, 5.41) is 3.57. The minimum atomic E-state index is 0.636. The van der Waals surface area contributed by atoms with Crippen LogP contribution in [0.1, 0.15) is 20.3 Å². The minimum Gasteiger partial charge on any atom is -0.385 e. The van der Waals surface area contributed by atoms with Crippen LogP contribution in [0.2, 0.25) is 0 Å². The van der Waals surface area contributed by atoms with Crippen molar-refractivity contribution in [1.29, 1.82) is 0 Å². The van der Waals surface area contributed by atoms with Crippen LogP contribution in [0.5, 0.6) is 0 Å². The maximum Gasteiger partial charge on any atom is 0.0593 e. The first-order chi connectivity index (χ1) is 8.24. The van der Waals surface area contributed by atoms with E-state index in [4.69, 9.17) is 9.47 Å². The fraction of sp³-hybridized carbons (Fsp3) is 1.00. The molecule has 0 amide bonds. The summed E-state index contributed by atoms with van der Waals surface area (Å²) in [5.74, 6) is 0.709. The molecule has 0 spiro atoms. The molecule has 1 rings (SSSR count). The first kappa shape index (κ1) is 14.9. The lowest BCUT2D eigenvalue weighted by Gasteiger charge is -2.35. The topological polar surface area (TPSA) is 33.7 Å². The van der Waals surface area contributed by atoms with Crippen molar-refractivity contribution in [1.82, 2.24) is 10.2 Å². The molecule has 0 saturated carbocycles. The summed E-state index contributed by atoms with van der Waals surface area (Å²) in [6.07, 6.45) is 0.993. The molecule has 0 aromatic rings. The molecule has 1 saturated heterocycles. The fourth-order valence-corrected chi connectivity index (χ4v) is 2.09. The summed E-state index contributed by atoms with van der Waals surface area (Å²) in [5.41, 5.74) is 0. The van der Waals surface area contributed by atoms with Gasteiger partial charge in [-0.15, -0.1) is 0 Å². The third-order valence-electron chi connectivity index (χ3n) is 3.28. The van der Waals surface area contributed by atoms with Gasteiger partial charge in [0.2, 0.25) is 0 Å². The van der Waals surface area contributed by atoms with E-state index in [1.54, 1.807) is 7.11 Å². The summed E-state index contributed by atoms with van der Waals surface area (Å²) < 4.78 is 10.6. The van der Waals surface area contributed by atoms with Gasteiger partial charge in [-0.25, -0.2) is 0 Å². The highest BCUT2D eigenvalue weighted by Gasteiger charge is 2.20. The third kappa shape index (κ3) is 6.36. The molecule has 0 aliphatic carbocycles. The molecule has 1 aliphatic rings. The van der Waals surface area contributed by atoms with Crippen molar-refractivity contribution in [3.63, 3.8) is 0 Å². The van der Waals surface area contributed by atoms with Gasteiger partial charge < -0.3 is 14.8 Å². The Kier molecular flexibility index (Phi) is 7.77. The Morgan fingerprint density at radius 1 is 1.29 bits per heavy atom. The maximum atomic E-state index is 5.59. The van der Waals surface area contributed by atoms with Crippen LogP contribution in [0.3, 0.4) is 0 Å². The van der Waals surface area contributed by atoms with Crippen LogP contribution in [0.15, 0.2) is 0 Å². The number of piperazine rings is 1. The summed E-state index contributed by atoms with van der Waals surface area (Å²) in [7, 11) is 1.73. The molecule has 1 heterocycles. The quantitative estimate of drug-likeness (QED) is 0.645. The normalized spacial score (nSPS) is 22.2. The Labute approximate surface area is 106 Å². The van der Waals surface area contributed by atoms with Gasteiger partial charge in [-0.05, 0) is 12.3 Å². The van der Waals surface area contributed by atoms with Gasteiger partial charge in [-0.2, -0.15) is 0 Å². The van der Waals surface area contributed by atoms with Gasteiger partial charge in [0.05, 0.1) is 6.61 Å². The van der Waals surface area contributed by atoms with Gasteiger partial charge in [0.15, 0.2) is 0 Å². The lowest BCUT2D eigenvalue weighted by atomic mass is 10.0. The van der Waals surface area contributed by atoms with Crippen molar-refractivity contribution in [3.05, 3.63) is 0 Å². The van der Waals surface area contributed by atoms with Crippen LogP contribution in [0, 0.1) is 5.92 Å². The van der Waals surface area contributed by atoms with E-state index < -0.39 is 0 Å². The fourth-order valence-electron chi connectivity index (χ4n) is 2.09. The van der Waals surface area contributed by atoms with Crippen LogP contribution in [-0.2, 0) is 9.47 Å². The molecule has 4 nitrogen and oxygen atoms in total. The molecule has 17 heavy (non-hydrogen) atoms. The van der Waals surface area contributed by atoms with Crippen LogP contribution in [0.4, 0.5) is 0 Å². The van der Waals surface area contributed by atoms with E-state index >= 15 is 0 Å². The van der Waals surface area contributed by atoms with Gasteiger partial charge >= 0.3 is 0 Å². The number of nitrogens with zero attached hydrogens (tertiary/aromatic N) is 1. The van der Waals surface area contributed by atoms with E-state index in [1.165, 1.54) is 0 Å². The van der Waals surface area contributed by atoms with E-state index in [0.29, 0.717) is 12.0 Å². The van der Waals surface area contributed by atoms with E-state index in [0.717, 1.165) is 52.4 Å². The van der Waals surface area contributed by atoms with E-state index in [1.807, 2.05) is 0 Å². The number of hydrogen-bond acceptors (Lipinski definition) is 4. The lowest BCUT2D eigenvalue weighted by Crippen LogP contribution is -2.53. The highest BCUT2D eigenvalue weighted by molar-refractivity contribution is 4.80. The Morgan fingerprint density at radius 2 is 2.12 bits per heavy atom. The molecule has 1 N–H and O–H groups in total. The Hall–Kier alpha value is -0.160. The average Bonchev–Trinajstić information content (AvgIpc) is 2.34. The Morgan fingerprint density at radius 3 is 2.82 bits per heavy atom. The zero-order valence-electron chi connectivity index (χ0n) is 11.6. The minimum absolute atomic E-state index is 0.636. The molecular formula is C13H28N2O2. The van der Waals surface area contributed by atoms with Crippen molar-refractivity contribution < 1.29 is 9.47 Å². The molecule has 0 aromatic carbocycles. The SMILES string of the molecule is COCCCOCCN1CCNC(C(C)C)C1. The molecule has 1 atom stereocenters. The summed E-state index contributed by atoms with van der Waals surface area (Å²) in [4.78, 5) is 2.50. The molecule has 1 unspecified atom stereocenters. The van der Waals surface area contributed by atoms with E-state index in [2.05, 4.69) is 24.1 Å². The average molecular weight is 244 g/mol. The van der Waals surface area contributed by atoms with Crippen molar-refractivity contribution in [2.45, 2.75) is 26.3 Å². The zero-order chi connectivity index (χ0) is 12.5. The van der Waals surface area contributed by atoms with Gasteiger partial charge in [0, 0.05) is 52.5 Å². The highest BCUT2D eigenvalue weighted by Crippen LogP contribution is 2.07. The number of methoxy groups -OCH3 is 1. The molecule has 1 aliphatic heterocycles. The smallest absolute Gasteiger partial charge is 0.0593 e. The highest BCUT2D eigenvalue weighted by atomic mass is 16.5. The van der Waals surface area contributed by atoms with Crippen molar-refractivity contribution in [2.75, 3.05) is 53.1 Å². The van der Waals surface area contributed by atoms with Crippen molar-refractivity contribution in [3.8, 4) is 0 Å². The van der Waals surface area contributed by atoms with Gasteiger partial charge in [0.1, 0.15) is 0 Å². The van der Waals surface area contributed by atoms with E-state index in [-0.39, 0.29) is 0 Å². The van der Waals surface area contributed by atoms with Gasteiger partial charge in [-0.1, -0.05) is 13.8 Å². The Balaban J connectivity index is 2.02. The maximum absolute atomic E-state index is 5.59. The summed E-state index contributed by atoms with van der Waals surface area (Å²) >= 11 is 0. The van der Waals surface area contributed by atoms with Crippen LogP contribution in [0.25, 0.3) is 0 Å². The van der Waals surface area contributed by atoms with Crippen LogP contribution < -0.4 is 5.32 Å². The molecule has 0 radical (unpaired) electrons. The van der Waals surface area contributed by atoms with Gasteiger partial charge in [-0.3, -0.25) is 4.90 Å². The second-order valence-corrected chi connectivity index (χ2v) is 5.06. The monoisotopic (exact) mass is 244 g/mol. The van der Waals surface area contributed by atoms with Crippen molar-refractivity contribution in [2.24, 2.45) is 5.92 Å². The standard InChI is InChI=1S/C13H28N2O2/c1-12(2)13-11-15(6-5-14-13)7-10-17-9-4-8-16-3/h12-14H,4-11H2,1-3H3. The Bertz CT molecular complexity index is 188. The number of hydrogen-bond donors (Lipinski definition) is 1. The molecular weight excluding hydrogens is 216 g/mol. The predicted octanol–water partition coefficient (Wildman–Crippen LogP) is 0.969. The number of ether oxygens (including phenoxy) is 2. The van der Waals surface area contributed by atoms with Crippen LogP contribution in [-0.4, -0.2) is 64.1 Å². The molecule has 1 fully saturated rings. The third-order valence-corrected chi connectivity index (χ3v) is 3.28. The first-order valence-corrected chi connectivity index (χ1v) is 6.76. The van der Waals surface area contributed by atoms with Crippen molar-refractivity contribution >= 4 is 0 Å². The second-order valence-electron chi connectivity index (χ2n) is 5.06. The van der Waals surface area contributed by atoms with Crippen LogP contribution >= 0.6 is 0 Å².